The fourth-order valence-electron chi connectivity index (χ4n) is 0.875. The second-order valence-electron chi connectivity index (χ2n) is 2.23. The van der Waals surface area contributed by atoms with Crippen molar-refractivity contribution in [2.75, 3.05) is 18.5 Å². The van der Waals surface area contributed by atoms with Crippen LogP contribution in [0.3, 0.4) is 0 Å². The van der Waals surface area contributed by atoms with Gasteiger partial charge >= 0.3 is 0 Å². The summed E-state index contributed by atoms with van der Waals surface area (Å²) < 4.78 is 0. The van der Waals surface area contributed by atoms with E-state index in [1.807, 2.05) is 0 Å². The molecule has 0 aromatic carbocycles. The van der Waals surface area contributed by atoms with Gasteiger partial charge in [0, 0.05) is 0 Å². The molecular weight excluding hydrogens is 127 g/mol. The van der Waals surface area contributed by atoms with Crippen LogP contribution in [0.1, 0.15) is 26.7 Å². The molecule has 0 aliphatic rings. The molecule has 0 fully saturated rings. The first-order valence-corrected chi connectivity index (χ1v) is 5.76. The molecule has 0 unspecified atom stereocenters. The van der Waals surface area contributed by atoms with Gasteiger partial charge in [-0.2, -0.15) is 0 Å². The highest BCUT2D eigenvalue weighted by atomic mass is 31.1. The molecule has 1 heteroatoms. The Bertz CT molecular complexity index is 48.5. The van der Waals surface area contributed by atoms with Crippen molar-refractivity contribution in [2.45, 2.75) is 26.7 Å². The van der Waals surface area contributed by atoms with Gasteiger partial charge in [-0.15, -0.1) is 7.92 Å². The van der Waals surface area contributed by atoms with E-state index in [2.05, 4.69) is 20.8 Å². The van der Waals surface area contributed by atoms with E-state index in [4.69, 9.17) is 0 Å². The fraction of sp³-hybridized carbons (Fsp3) is 0.875. The maximum Gasteiger partial charge on any atom is -0.0326 e. The maximum atomic E-state index is 3.84. The Morgan fingerprint density at radius 1 is 1.22 bits per heavy atom. The Hall–Kier alpha value is 0.430. The van der Waals surface area contributed by atoms with Gasteiger partial charge in [0.1, 0.15) is 0 Å². The molecule has 0 atom stereocenters. The van der Waals surface area contributed by atoms with Crippen molar-refractivity contribution >= 4 is 7.92 Å². The van der Waals surface area contributed by atoms with Gasteiger partial charge in [0.05, 0.1) is 0 Å². The van der Waals surface area contributed by atoms with Crippen molar-refractivity contribution in [2.24, 2.45) is 0 Å². The molecule has 0 saturated carbocycles. The molecule has 0 aliphatic carbocycles. The van der Waals surface area contributed by atoms with Crippen LogP contribution in [0.2, 0.25) is 0 Å². The van der Waals surface area contributed by atoms with Crippen LogP contribution in [0.15, 0.2) is 0 Å². The van der Waals surface area contributed by atoms with Crippen molar-refractivity contribution < 1.29 is 0 Å². The number of rotatable bonds is 5. The minimum absolute atomic E-state index is 0.398. The van der Waals surface area contributed by atoms with Crippen molar-refractivity contribution in [1.82, 2.24) is 0 Å². The molecule has 0 aromatic rings. The molecule has 0 saturated heterocycles. The normalized spacial score (nSPS) is 10.7. The van der Waals surface area contributed by atoms with Crippen LogP contribution in [0, 0.1) is 6.92 Å². The Balaban J connectivity index is 3.09. The summed E-state index contributed by atoms with van der Waals surface area (Å²) in [6, 6.07) is 0. The molecule has 0 rings (SSSR count). The lowest BCUT2D eigenvalue weighted by Crippen LogP contribution is -1.88. The molecule has 0 bridgehead atoms. The molecule has 0 aliphatic heterocycles. The number of unbranched alkanes of at least 4 members (excludes halogenated alkanes) is 1. The van der Waals surface area contributed by atoms with E-state index < -0.39 is 0 Å². The smallest absolute Gasteiger partial charge is 0.0326 e. The highest BCUT2D eigenvalue weighted by Gasteiger charge is 1.98. The SMILES string of the molecule is [CH2]CCCP(CC)CC. The highest BCUT2D eigenvalue weighted by Crippen LogP contribution is 2.34. The summed E-state index contributed by atoms with van der Waals surface area (Å²) in [5, 5.41) is 0. The average Bonchev–Trinajstić information content (AvgIpc) is 1.91. The second kappa shape index (κ2) is 6.55. The summed E-state index contributed by atoms with van der Waals surface area (Å²) in [7, 11) is 0.398. The minimum atomic E-state index is 0.398. The third kappa shape index (κ3) is 4.90. The molecule has 9 heavy (non-hydrogen) atoms. The summed E-state index contributed by atoms with van der Waals surface area (Å²) in [5.74, 6) is 0. The van der Waals surface area contributed by atoms with Gasteiger partial charge in [0.15, 0.2) is 0 Å². The zero-order chi connectivity index (χ0) is 7.11. The van der Waals surface area contributed by atoms with E-state index in [1.54, 1.807) is 0 Å². The Kier molecular flexibility index (Phi) is 6.86. The first-order chi connectivity index (χ1) is 4.35. The zero-order valence-electron chi connectivity index (χ0n) is 6.69. The summed E-state index contributed by atoms with van der Waals surface area (Å²) in [5.41, 5.74) is 0. The lowest BCUT2D eigenvalue weighted by atomic mass is 10.4. The van der Waals surface area contributed by atoms with Crippen LogP contribution in [-0.4, -0.2) is 18.5 Å². The van der Waals surface area contributed by atoms with Crippen molar-refractivity contribution in [3.63, 3.8) is 0 Å². The monoisotopic (exact) mass is 145 g/mol. The van der Waals surface area contributed by atoms with Gasteiger partial charge in [-0.1, -0.05) is 27.2 Å². The third-order valence-corrected chi connectivity index (χ3v) is 4.36. The third-order valence-electron chi connectivity index (χ3n) is 1.62. The van der Waals surface area contributed by atoms with E-state index in [-0.39, 0.29) is 0 Å². The Labute approximate surface area is 60.8 Å². The molecule has 55 valence electrons. The van der Waals surface area contributed by atoms with E-state index >= 15 is 0 Å². The summed E-state index contributed by atoms with van der Waals surface area (Å²) in [4.78, 5) is 0. The molecule has 0 spiro atoms. The van der Waals surface area contributed by atoms with E-state index in [1.165, 1.54) is 24.9 Å². The van der Waals surface area contributed by atoms with Crippen LogP contribution >= 0.6 is 7.92 Å². The standard InChI is InChI=1S/C8H18P/c1-4-7-8-9(5-2)6-3/h1,4-8H2,2-3H3. The largest absolute Gasteiger partial charge is 0.107 e. The highest BCUT2D eigenvalue weighted by molar-refractivity contribution is 7.57. The molecule has 0 aromatic heterocycles. The summed E-state index contributed by atoms with van der Waals surface area (Å²) >= 11 is 0. The predicted molar refractivity (Wildman–Crippen MR) is 47.5 cm³/mol. The minimum Gasteiger partial charge on any atom is -0.107 e. The number of hydrogen-bond acceptors (Lipinski definition) is 0. The summed E-state index contributed by atoms with van der Waals surface area (Å²) in [6.45, 7) is 8.44. The van der Waals surface area contributed by atoms with Crippen LogP contribution < -0.4 is 0 Å². The lowest BCUT2D eigenvalue weighted by molar-refractivity contribution is 0.959. The van der Waals surface area contributed by atoms with Gasteiger partial charge in [-0.05, 0) is 24.9 Å². The maximum absolute atomic E-state index is 3.84. The fourth-order valence-corrected chi connectivity index (χ4v) is 2.63. The second-order valence-corrected chi connectivity index (χ2v) is 5.29. The molecular formula is C8H18P. The van der Waals surface area contributed by atoms with E-state index in [0.29, 0.717) is 7.92 Å². The molecule has 0 amide bonds. The van der Waals surface area contributed by atoms with Crippen molar-refractivity contribution in [3.8, 4) is 0 Å². The van der Waals surface area contributed by atoms with Gasteiger partial charge in [0.2, 0.25) is 0 Å². The van der Waals surface area contributed by atoms with Crippen LogP contribution in [0.25, 0.3) is 0 Å². The van der Waals surface area contributed by atoms with Gasteiger partial charge < -0.3 is 0 Å². The topological polar surface area (TPSA) is 0 Å². The average molecular weight is 145 g/mol. The van der Waals surface area contributed by atoms with Gasteiger partial charge in [0.25, 0.3) is 0 Å². The Morgan fingerprint density at radius 3 is 2.11 bits per heavy atom. The van der Waals surface area contributed by atoms with E-state index in [0.717, 1.165) is 6.42 Å². The quantitative estimate of drug-likeness (QED) is 0.521. The van der Waals surface area contributed by atoms with Crippen molar-refractivity contribution in [3.05, 3.63) is 6.92 Å². The van der Waals surface area contributed by atoms with Crippen LogP contribution in [0.5, 0.6) is 0 Å². The van der Waals surface area contributed by atoms with Crippen molar-refractivity contribution in [1.29, 1.82) is 0 Å². The van der Waals surface area contributed by atoms with Gasteiger partial charge in [-0.25, -0.2) is 0 Å². The number of hydrogen-bond donors (Lipinski definition) is 0. The molecule has 1 radical (unpaired) electrons. The zero-order valence-corrected chi connectivity index (χ0v) is 7.58. The Morgan fingerprint density at radius 2 is 1.78 bits per heavy atom. The first-order valence-electron chi connectivity index (χ1n) is 3.86. The van der Waals surface area contributed by atoms with Crippen LogP contribution in [0.4, 0.5) is 0 Å². The van der Waals surface area contributed by atoms with Crippen LogP contribution in [-0.2, 0) is 0 Å². The molecule has 0 N–H and O–H groups in total. The lowest BCUT2D eigenvalue weighted by Gasteiger charge is -2.10. The predicted octanol–water partition coefficient (Wildman–Crippen LogP) is 3.12. The van der Waals surface area contributed by atoms with Gasteiger partial charge in [-0.3, -0.25) is 0 Å². The van der Waals surface area contributed by atoms with E-state index in [9.17, 15) is 0 Å². The molecule has 0 heterocycles. The molecule has 0 nitrogen and oxygen atoms in total. The summed E-state index contributed by atoms with van der Waals surface area (Å²) in [6.07, 6.45) is 6.73. The first kappa shape index (κ1) is 9.43.